The zero-order chi connectivity index (χ0) is 20.8. The van der Waals surface area contributed by atoms with Gasteiger partial charge in [0.2, 0.25) is 5.91 Å². The number of nitrogens with zero attached hydrogens (tertiary/aromatic N) is 4. The van der Waals surface area contributed by atoms with Crippen LogP contribution >= 0.6 is 11.8 Å². The zero-order valence-corrected chi connectivity index (χ0v) is 17.8. The van der Waals surface area contributed by atoms with Crippen molar-refractivity contribution >= 4 is 23.4 Å². The number of benzene rings is 2. The summed E-state index contributed by atoms with van der Waals surface area (Å²) in [6.07, 6.45) is 2.91. The molecule has 2 aliphatic rings. The van der Waals surface area contributed by atoms with E-state index in [0.29, 0.717) is 16.5 Å². The Balaban J connectivity index is 1.43. The van der Waals surface area contributed by atoms with E-state index in [2.05, 4.69) is 23.2 Å². The molecule has 1 amide bonds. The third-order valence-corrected chi connectivity index (χ3v) is 6.81. The summed E-state index contributed by atoms with van der Waals surface area (Å²) >= 11 is 1.41. The monoisotopic (exact) mass is 422 g/mol. The number of para-hydroxylation sites is 1. The van der Waals surface area contributed by atoms with Crippen molar-refractivity contribution in [3.8, 4) is 11.4 Å². The van der Waals surface area contributed by atoms with Crippen LogP contribution < -0.4 is 4.90 Å². The lowest BCUT2D eigenvalue weighted by molar-refractivity contribution is -0.118. The van der Waals surface area contributed by atoms with E-state index in [0.717, 1.165) is 24.9 Å². The van der Waals surface area contributed by atoms with E-state index in [1.165, 1.54) is 23.4 Å². The van der Waals surface area contributed by atoms with E-state index in [9.17, 15) is 9.18 Å². The standard InChI is InChI=1S/C23H23FN4OS/c1-14-13-16-7-3-6-10-20(16)27(14)22(29)15(2)30-23-26-25-21(28(23)17-11-12-17)18-8-4-5-9-19(18)24/h3-10,14-15,17H,11-13H2,1-2H3. The second-order valence-corrected chi connectivity index (χ2v) is 9.35. The topological polar surface area (TPSA) is 51.0 Å². The molecule has 5 rings (SSSR count). The van der Waals surface area contributed by atoms with Gasteiger partial charge in [0, 0.05) is 17.8 Å². The number of rotatable bonds is 5. The Hall–Kier alpha value is -2.67. The van der Waals surface area contributed by atoms with Gasteiger partial charge in [0.1, 0.15) is 5.82 Å². The van der Waals surface area contributed by atoms with Gasteiger partial charge in [-0.25, -0.2) is 4.39 Å². The van der Waals surface area contributed by atoms with Crippen LogP contribution in [0.15, 0.2) is 53.7 Å². The van der Waals surface area contributed by atoms with Gasteiger partial charge in [-0.3, -0.25) is 9.36 Å². The minimum atomic E-state index is -0.325. The first kappa shape index (κ1) is 19.3. The highest BCUT2D eigenvalue weighted by Gasteiger charge is 2.36. The Bertz CT molecular complexity index is 1110. The van der Waals surface area contributed by atoms with Crippen molar-refractivity contribution < 1.29 is 9.18 Å². The molecule has 2 heterocycles. The van der Waals surface area contributed by atoms with Gasteiger partial charge in [-0.05, 0) is 56.9 Å². The van der Waals surface area contributed by atoms with E-state index in [1.807, 2.05) is 34.6 Å². The van der Waals surface area contributed by atoms with E-state index in [1.54, 1.807) is 18.2 Å². The van der Waals surface area contributed by atoms with E-state index >= 15 is 0 Å². The number of carbonyl (C=O) groups excluding carboxylic acids is 1. The van der Waals surface area contributed by atoms with Crippen LogP contribution in [0.5, 0.6) is 0 Å². The summed E-state index contributed by atoms with van der Waals surface area (Å²) in [6, 6.07) is 15.1. The predicted molar refractivity (Wildman–Crippen MR) is 116 cm³/mol. The first-order valence-corrected chi connectivity index (χ1v) is 11.2. The minimum absolute atomic E-state index is 0.0650. The molecule has 5 nitrogen and oxygen atoms in total. The summed E-state index contributed by atoms with van der Waals surface area (Å²) in [5, 5.41) is 8.99. The third-order valence-electron chi connectivity index (χ3n) is 5.77. The van der Waals surface area contributed by atoms with Gasteiger partial charge in [-0.2, -0.15) is 0 Å². The highest BCUT2D eigenvalue weighted by atomic mass is 32.2. The fourth-order valence-electron chi connectivity index (χ4n) is 4.15. The van der Waals surface area contributed by atoms with Crippen molar-refractivity contribution in [2.75, 3.05) is 4.90 Å². The lowest BCUT2D eigenvalue weighted by Crippen LogP contribution is -2.40. The maximum Gasteiger partial charge on any atom is 0.240 e. The first-order valence-electron chi connectivity index (χ1n) is 10.3. The van der Waals surface area contributed by atoms with Crippen molar-refractivity contribution in [1.29, 1.82) is 0 Å². The lowest BCUT2D eigenvalue weighted by atomic mass is 10.1. The third kappa shape index (κ3) is 3.31. The Morgan fingerprint density at radius 2 is 1.87 bits per heavy atom. The largest absolute Gasteiger partial charge is 0.308 e. The normalized spacial score (nSPS) is 19.0. The molecule has 1 fully saturated rings. The molecular formula is C23H23FN4OS. The van der Waals surface area contributed by atoms with Gasteiger partial charge in [0.05, 0.1) is 10.8 Å². The predicted octanol–water partition coefficient (Wildman–Crippen LogP) is 4.88. The van der Waals surface area contributed by atoms with Gasteiger partial charge in [0.15, 0.2) is 11.0 Å². The molecule has 0 saturated heterocycles. The maximum absolute atomic E-state index is 14.4. The van der Waals surface area contributed by atoms with Crippen LogP contribution in [0.4, 0.5) is 10.1 Å². The molecule has 2 atom stereocenters. The molecule has 3 aromatic rings. The van der Waals surface area contributed by atoms with Gasteiger partial charge >= 0.3 is 0 Å². The summed E-state index contributed by atoms with van der Waals surface area (Å²) in [5.41, 5.74) is 2.65. The van der Waals surface area contributed by atoms with Crippen LogP contribution in [0.25, 0.3) is 11.4 Å². The number of aromatic nitrogens is 3. The second kappa shape index (κ2) is 7.54. The fourth-order valence-corrected chi connectivity index (χ4v) is 5.12. The number of fused-ring (bicyclic) bond motifs is 1. The molecule has 154 valence electrons. The Labute approximate surface area is 179 Å². The molecule has 1 aromatic heterocycles. The van der Waals surface area contributed by atoms with Crippen molar-refractivity contribution in [2.45, 2.75) is 55.6 Å². The number of amides is 1. The van der Waals surface area contributed by atoms with Crippen molar-refractivity contribution in [3.63, 3.8) is 0 Å². The van der Waals surface area contributed by atoms with Crippen LogP contribution in [-0.2, 0) is 11.2 Å². The summed E-state index contributed by atoms with van der Waals surface area (Å²) in [4.78, 5) is 15.2. The highest BCUT2D eigenvalue weighted by molar-refractivity contribution is 8.00. The highest BCUT2D eigenvalue weighted by Crippen LogP contribution is 2.42. The molecule has 1 aliphatic carbocycles. The summed E-state index contributed by atoms with van der Waals surface area (Å²) in [5.74, 6) is 0.294. The maximum atomic E-state index is 14.4. The molecule has 0 spiro atoms. The fraction of sp³-hybridized carbons (Fsp3) is 0.348. The molecule has 1 saturated carbocycles. The molecular weight excluding hydrogens is 399 g/mol. The van der Waals surface area contributed by atoms with Crippen LogP contribution in [0.1, 0.15) is 38.3 Å². The molecule has 7 heteroatoms. The molecule has 0 bridgehead atoms. The molecule has 1 aliphatic heterocycles. The van der Waals surface area contributed by atoms with Gasteiger partial charge < -0.3 is 4.90 Å². The summed E-state index contributed by atoms with van der Waals surface area (Å²) in [6.45, 7) is 3.99. The average Bonchev–Trinajstić information content (AvgIpc) is 3.41. The Morgan fingerprint density at radius 1 is 1.13 bits per heavy atom. The second-order valence-electron chi connectivity index (χ2n) is 8.04. The smallest absolute Gasteiger partial charge is 0.240 e. The van der Waals surface area contributed by atoms with Crippen LogP contribution in [0, 0.1) is 5.82 Å². The van der Waals surface area contributed by atoms with Gasteiger partial charge in [0.25, 0.3) is 0 Å². The quantitative estimate of drug-likeness (QED) is 0.550. The van der Waals surface area contributed by atoms with Crippen LogP contribution in [0.2, 0.25) is 0 Å². The molecule has 2 aromatic carbocycles. The van der Waals surface area contributed by atoms with Gasteiger partial charge in [-0.15, -0.1) is 10.2 Å². The number of anilines is 1. The first-order chi connectivity index (χ1) is 14.5. The van der Waals surface area contributed by atoms with Gasteiger partial charge in [-0.1, -0.05) is 42.1 Å². The number of hydrogen-bond acceptors (Lipinski definition) is 4. The van der Waals surface area contributed by atoms with Crippen LogP contribution in [-0.4, -0.2) is 32.0 Å². The molecule has 0 N–H and O–H groups in total. The SMILES string of the molecule is CC(Sc1nnc(-c2ccccc2F)n1C1CC1)C(=O)N1c2ccccc2CC1C. The lowest BCUT2D eigenvalue weighted by Gasteiger charge is -2.25. The zero-order valence-electron chi connectivity index (χ0n) is 17.0. The van der Waals surface area contributed by atoms with Crippen molar-refractivity contribution in [2.24, 2.45) is 0 Å². The number of thioether (sulfide) groups is 1. The Morgan fingerprint density at radius 3 is 2.63 bits per heavy atom. The molecule has 0 radical (unpaired) electrons. The van der Waals surface area contributed by atoms with Crippen molar-refractivity contribution in [1.82, 2.24) is 14.8 Å². The number of carbonyl (C=O) groups is 1. The van der Waals surface area contributed by atoms with E-state index in [4.69, 9.17) is 0 Å². The van der Waals surface area contributed by atoms with E-state index < -0.39 is 0 Å². The van der Waals surface area contributed by atoms with Crippen LogP contribution in [0.3, 0.4) is 0 Å². The van der Waals surface area contributed by atoms with E-state index in [-0.39, 0.29) is 29.1 Å². The summed E-state index contributed by atoms with van der Waals surface area (Å²) < 4.78 is 16.4. The average molecular weight is 423 g/mol. The summed E-state index contributed by atoms with van der Waals surface area (Å²) in [7, 11) is 0. The minimum Gasteiger partial charge on any atom is -0.308 e. The number of hydrogen-bond donors (Lipinski definition) is 0. The number of halogens is 1. The Kier molecular flexibility index (Phi) is 4.85. The molecule has 2 unspecified atom stereocenters. The van der Waals surface area contributed by atoms with Crippen molar-refractivity contribution in [3.05, 3.63) is 59.9 Å². The molecule has 30 heavy (non-hydrogen) atoms.